The number of fused-ring (bicyclic) bond motifs is 1. The molecule has 0 bridgehead atoms. The van der Waals surface area contributed by atoms with Gasteiger partial charge in [-0.1, -0.05) is 30.7 Å². The van der Waals surface area contributed by atoms with Crippen molar-refractivity contribution < 1.29 is 19.0 Å². The number of aryl methyl sites for hydroxylation is 1. The summed E-state index contributed by atoms with van der Waals surface area (Å²) in [7, 11) is 0. The van der Waals surface area contributed by atoms with Crippen LogP contribution < -0.4 is 4.74 Å². The molecule has 3 atom stereocenters. The standard InChI is InChI=1S/C28H33ClFNO3/c1-17(27(32)33)26(20-4-5-20)21-6-3-19-9-10-28(34-25(19)15-21)11-13-31(14-12-28)18(2)23-16-22(29)7-8-24(23)30/h3,6-8,15-18,20,26H,4-5,9-14H2,1-2H3,(H,32,33). The molecule has 6 heteroatoms. The monoisotopic (exact) mass is 485 g/mol. The number of nitrogens with zero attached hydrogens (tertiary/aromatic N) is 1. The molecule has 1 saturated carbocycles. The molecule has 1 aliphatic carbocycles. The maximum absolute atomic E-state index is 14.4. The molecule has 0 amide bonds. The molecule has 34 heavy (non-hydrogen) atoms. The molecule has 2 aromatic carbocycles. The van der Waals surface area contributed by atoms with Crippen LogP contribution in [0.15, 0.2) is 36.4 Å². The topological polar surface area (TPSA) is 49.8 Å². The molecule has 0 aromatic heterocycles. The van der Waals surface area contributed by atoms with E-state index in [1.807, 2.05) is 13.8 Å². The van der Waals surface area contributed by atoms with Crippen LogP contribution in [0.2, 0.25) is 5.02 Å². The summed E-state index contributed by atoms with van der Waals surface area (Å²) in [4.78, 5) is 14.1. The Bertz CT molecular complexity index is 1080. The van der Waals surface area contributed by atoms with E-state index in [1.165, 1.54) is 11.6 Å². The van der Waals surface area contributed by atoms with Gasteiger partial charge >= 0.3 is 5.97 Å². The molecule has 2 aromatic rings. The van der Waals surface area contributed by atoms with Crippen molar-refractivity contribution in [3.05, 3.63) is 63.9 Å². The van der Waals surface area contributed by atoms with E-state index in [-0.39, 0.29) is 23.4 Å². The van der Waals surface area contributed by atoms with Gasteiger partial charge in [0.15, 0.2) is 0 Å². The van der Waals surface area contributed by atoms with Gasteiger partial charge in [-0.05, 0) is 92.7 Å². The maximum Gasteiger partial charge on any atom is 0.306 e. The van der Waals surface area contributed by atoms with Crippen LogP contribution in [0.5, 0.6) is 5.75 Å². The van der Waals surface area contributed by atoms with Gasteiger partial charge in [-0.15, -0.1) is 0 Å². The highest BCUT2D eigenvalue weighted by Gasteiger charge is 2.42. The summed E-state index contributed by atoms with van der Waals surface area (Å²) in [5.41, 5.74) is 2.74. The normalized spacial score (nSPS) is 22.5. The predicted molar refractivity (Wildman–Crippen MR) is 131 cm³/mol. The van der Waals surface area contributed by atoms with Gasteiger partial charge in [0.05, 0.1) is 5.92 Å². The van der Waals surface area contributed by atoms with Crippen LogP contribution in [0.4, 0.5) is 4.39 Å². The number of hydrogen-bond acceptors (Lipinski definition) is 3. The van der Waals surface area contributed by atoms with Crippen LogP contribution in [0.1, 0.15) is 74.6 Å². The number of piperidine rings is 1. The number of carbonyl (C=O) groups is 1. The lowest BCUT2D eigenvalue weighted by Gasteiger charge is -2.46. The Kier molecular flexibility index (Phi) is 6.36. The number of halogens is 2. The molecule has 2 aliphatic heterocycles. The minimum atomic E-state index is -0.732. The van der Waals surface area contributed by atoms with E-state index < -0.39 is 11.9 Å². The van der Waals surface area contributed by atoms with E-state index in [0.29, 0.717) is 16.5 Å². The Morgan fingerprint density at radius 3 is 2.56 bits per heavy atom. The highest BCUT2D eigenvalue weighted by molar-refractivity contribution is 6.30. The fourth-order valence-electron chi connectivity index (χ4n) is 6.01. The number of likely N-dealkylation sites (tertiary alicyclic amines) is 1. The van der Waals surface area contributed by atoms with Crippen molar-refractivity contribution >= 4 is 17.6 Å². The van der Waals surface area contributed by atoms with Gasteiger partial charge in [-0.2, -0.15) is 0 Å². The first kappa shape index (κ1) is 23.6. The first-order valence-electron chi connectivity index (χ1n) is 12.5. The Balaban J connectivity index is 1.30. The Morgan fingerprint density at radius 2 is 1.88 bits per heavy atom. The van der Waals surface area contributed by atoms with Gasteiger partial charge in [0.1, 0.15) is 17.2 Å². The van der Waals surface area contributed by atoms with E-state index in [1.54, 1.807) is 12.1 Å². The lowest BCUT2D eigenvalue weighted by atomic mass is 9.80. The molecule has 0 radical (unpaired) electrons. The highest BCUT2D eigenvalue weighted by Crippen LogP contribution is 2.49. The zero-order valence-corrected chi connectivity index (χ0v) is 20.7. The quantitative estimate of drug-likeness (QED) is 0.500. The zero-order valence-electron chi connectivity index (χ0n) is 19.9. The van der Waals surface area contributed by atoms with E-state index >= 15 is 0 Å². The largest absolute Gasteiger partial charge is 0.487 e. The minimum Gasteiger partial charge on any atom is -0.487 e. The number of benzene rings is 2. The number of aliphatic carboxylic acids is 1. The second kappa shape index (κ2) is 9.16. The lowest BCUT2D eigenvalue weighted by molar-refractivity contribution is -0.142. The average Bonchev–Trinajstić information content (AvgIpc) is 3.65. The Labute approximate surface area is 206 Å². The SMILES string of the molecule is CC(C(=O)O)C(c1ccc2c(c1)OC1(CC2)CCN(C(C)c2cc(Cl)ccc2F)CC1)C1CC1. The average molecular weight is 486 g/mol. The molecule has 4 nitrogen and oxygen atoms in total. The van der Waals surface area contributed by atoms with Gasteiger partial charge in [-0.25, -0.2) is 4.39 Å². The fraction of sp³-hybridized carbons (Fsp3) is 0.536. The first-order valence-corrected chi connectivity index (χ1v) is 12.9. The summed E-state index contributed by atoms with van der Waals surface area (Å²) >= 11 is 6.12. The van der Waals surface area contributed by atoms with Crippen molar-refractivity contribution in [2.24, 2.45) is 11.8 Å². The smallest absolute Gasteiger partial charge is 0.306 e. The minimum absolute atomic E-state index is 0.0413. The molecule has 5 rings (SSSR count). The van der Waals surface area contributed by atoms with Crippen molar-refractivity contribution in [3.8, 4) is 5.75 Å². The van der Waals surface area contributed by atoms with Gasteiger partial charge < -0.3 is 9.84 Å². The van der Waals surface area contributed by atoms with E-state index in [9.17, 15) is 14.3 Å². The third kappa shape index (κ3) is 4.57. The zero-order chi connectivity index (χ0) is 24.0. The van der Waals surface area contributed by atoms with Crippen LogP contribution in [0, 0.1) is 17.7 Å². The molecule has 1 saturated heterocycles. The molecule has 2 fully saturated rings. The number of carboxylic acids is 1. The van der Waals surface area contributed by atoms with Gasteiger partial charge in [0.2, 0.25) is 0 Å². The van der Waals surface area contributed by atoms with Crippen molar-refractivity contribution in [2.75, 3.05) is 13.1 Å². The second-order valence-corrected chi connectivity index (χ2v) is 11.0. The molecule has 2 heterocycles. The molecular weight excluding hydrogens is 453 g/mol. The van der Waals surface area contributed by atoms with E-state index in [2.05, 4.69) is 23.1 Å². The molecule has 1 N–H and O–H groups in total. The van der Waals surface area contributed by atoms with Crippen molar-refractivity contribution in [1.82, 2.24) is 4.90 Å². The third-order valence-corrected chi connectivity index (χ3v) is 8.61. The van der Waals surface area contributed by atoms with E-state index in [0.717, 1.165) is 62.9 Å². The molecule has 3 unspecified atom stereocenters. The van der Waals surface area contributed by atoms with E-state index in [4.69, 9.17) is 16.3 Å². The Morgan fingerprint density at radius 1 is 1.15 bits per heavy atom. The fourth-order valence-corrected chi connectivity index (χ4v) is 6.19. The highest BCUT2D eigenvalue weighted by atomic mass is 35.5. The number of carboxylic acid groups (broad SMARTS) is 1. The summed E-state index contributed by atoms with van der Waals surface area (Å²) in [5, 5.41) is 10.2. The summed E-state index contributed by atoms with van der Waals surface area (Å²) in [6.07, 6.45) is 5.93. The predicted octanol–water partition coefficient (Wildman–Crippen LogP) is 6.61. The Hall–Kier alpha value is -2.11. The van der Waals surface area contributed by atoms with Gasteiger partial charge in [0.25, 0.3) is 0 Å². The van der Waals surface area contributed by atoms with Crippen LogP contribution in [-0.2, 0) is 11.2 Å². The summed E-state index contributed by atoms with van der Waals surface area (Å²) in [5.74, 6) is 0.0740. The molecule has 182 valence electrons. The van der Waals surface area contributed by atoms with Crippen molar-refractivity contribution in [1.29, 1.82) is 0 Å². The summed E-state index contributed by atoms with van der Waals surface area (Å²) in [6.45, 7) is 5.54. The number of rotatable bonds is 6. The molecule has 1 spiro atoms. The van der Waals surface area contributed by atoms with Crippen LogP contribution in [0.25, 0.3) is 0 Å². The second-order valence-electron chi connectivity index (χ2n) is 10.5. The number of ether oxygens (including phenoxy) is 1. The van der Waals surface area contributed by atoms with Crippen molar-refractivity contribution in [2.45, 2.75) is 69.9 Å². The first-order chi connectivity index (χ1) is 16.3. The molecular formula is C28H33ClFNO3. The van der Waals surface area contributed by atoms with Crippen LogP contribution in [0.3, 0.4) is 0 Å². The van der Waals surface area contributed by atoms with Gasteiger partial charge in [0, 0.05) is 29.7 Å². The van der Waals surface area contributed by atoms with Crippen LogP contribution >= 0.6 is 11.6 Å². The lowest BCUT2D eigenvalue weighted by Crippen LogP contribution is -2.50. The maximum atomic E-state index is 14.4. The third-order valence-electron chi connectivity index (χ3n) is 8.38. The summed E-state index contributed by atoms with van der Waals surface area (Å²) in [6, 6.07) is 11.1. The summed E-state index contributed by atoms with van der Waals surface area (Å²) < 4.78 is 21.1. The number of hydrogen-bond donors (Lipinski definition) is 1. The van der Waals surface area contributed by atoms with Crippen molar-refractivity contribution in [3.63, 3.8) is 0 Å². The van der Waals surface area contributed by atoms with Crippen LogP contribution in [-0.4, -0.2) is 34.7 Å². The molecule has 3 aliphatic rings. The van der Waals surface area contributed by atoms with Gasteiger partial charge in [-0.3, -0.25) is 9.69 Å².